The minimum absolute atomic E-state index is 0.682. The Morgan fingerprint density at radius 2 is 1.82 bits per heavy atom. The number of rotatable bonds is 5. The molecule has 0 radical (unpaired) electrons. The zero-order valence-corrected chi connectivity index (χ0v) is 9.69. The Morgan fingerprint density at radius 3 is 2.09 bits per heavy atom. The van der Waals surface area contributed by atoms with Crippen molar-refractivity contribution in [3.63, 3.8) is 0 Å². The van der Waals surface area contributed by atoms with Crippen LogP contribution in [0.5, 0.6) is 0 Å². The van der Waals surface area contributed by atoms with Gasteiger partial charge in [0.1, 0.15) is 0 Å². The predicted octanol–water partition coefficient (Wildman–Crippen LogP) is 2.75. The molecule has 0 aromatic rings. The Morgan fingerprint density at radius 1 is 1.27 bits per heavy atom. The fraction of sp³-hybridized carbons (Fsp3) is 1.00. The molecule has 0 fully saturated rings. The van der Waals surface area contributed by atoms with Gasteiger partial charge in [0.15, 0.2) is 0 Å². The predicted molar refractivity (Wildman–Crippen MR) is 55.3 cm³/mol. The second kappa shape index (κ2) is 6.01. The molecule has 0 heterocycles. The van der Waals surface area contributed by atoms with Gasteiger partial charge in [0.25, 0.3) is 0 Å². The molecule has 1 atom stereocenters. The van der Waals surface area contributed by atoms with E-state index in [2.05, 4.69) is 48.5 Å². The molecule has 0 saturated carbocycles. The van der Waals surface area contributed by atoms with Crippen molar-refractivity contribution < 1.29 is 0 Å². The molecule has 1 unspecified atom stereocenters. The Kier molecular flexibility index (Phi) is 6.25. The highest BCUT2D eigenvalue weighted by atomic mass is 79.9. The lowest BCUT2D eigenvalue weighted by Gasteiger charge is -2.27. The zero-order chi connectivity index (χ0) is 8.85. The Bertz CT molecular complexity index is 93.6. The largest absolute Gasteiger partial charge is 0.301 e. The zero-order valence-electron chi connectivity index (χ0n) is 8.10. The van der Waals surface area contributed by atoms with Crippen molar-refractivity contribution >= 4 is 15.9 Å². The summed E-state index contributed by atoms with van der Waals surface area (Å²) in [6.07, 6.45) is 0. The maximum Gasteiger partial charge on any atom is 0.00692 e. The lowest BCUT2D eigenvalue weighted by Crippen LogP contribution is -2.34. The fourth-order valence-electron chi connectivity index (χ4n) is 1.15. The minimum atomic E-state index is 0.682. The van der Waals surface area contributed by atoms with Gasteiger partial charge >= 0.3 is 0 Å². The molecule has 0 aliphatic heterocycles. The van der Waals surface area contributed by atoms with Crippen molar-refractivity contribution in [2.75, 3.05) is 18.4 Å². The standard InChI is InChI=1S/C9H20BrN/c1-5-11(8(2)3)7-9(4)6-10/h8-9H,5-7H2,1-4H3. The van der Waals surface area contributed by atoms with Crippen molar-refractivity contribution in [2.45, 2.75) is 33.7 Å². The first-order valence-corrected chi connectivity index (χ1v) is 5.54. The van der Waals surface area contributed by atoms with Gasteiger partial charge < -0.3 is 4.90 Å². The molecule has 0 amide bonds. The van der Waals surface area contributed by atoms with E-state index in [1.54, 1.807) is 0 Å². The van der Waals surface area contributed by atoms with Crippen LogP contribution in [0.25, 0.3) is 0 Å². The number of alkyl halides is 1. The van der Waals surface area contributed by atoms with Crippen LogP contribution in [0.1, 0.15) is 27.7 Å². The Labute approximate surface area is 79.3 Å². The number of nitrogens with zero attached hydrogens (tertiary/aromatic N) is 1. The first-order valence-electron chi connectivity index (χ1n) is 4.41. The van der Waals surface area contributed by atoms with E-state index < -0.39 is 0 Å². The molecule has 0 aromatic carbocycles. The normalized spacial score (nSPS) is 14.5. The summed E-state index contributed by atoms with van der Waals surface area (Å²) in [4.78, 5) is 2.49. The molecule has 0 bridgehead atoms. The van der Waals surface area contributed by atoms with Crippen molar-refractivity contribution in [1.82, 2.24) is 4.90 Å². The molecule has 0 aromatic heterocycles. The first kappa shape index (κ1) is 11.4. The van der Waals surface area contributed by atoms with Gasteiger partial charge in [-0.3, -0.25) is 0 Å². The number of halogens is 1. The average Bonchev–Trinajstić information content (AvgIpc) is 1.99. The van der Waals surface area contributed by atoms with E-state index in [9.17, 15) is 0 Å². The Balaban J connectivity index is 3.68. The van der Waals surface area contributed by atoms with E-state index in [4.69, 9.17) is 0 Å². The second-order valence-corrected chi connectivity index (χ2v) is 4.09. The summed E-state index contributed by atoms with van der Waals surface area (Å²) in [7, 11) is 0. The van der Waals surface area contributed by atoms with Gasteiger partial charge in [-0.05, 0) is 26.3 Å². The number of hydrogen-bond donors (Lipinski definition) is 0. The van der Waals surface area contributed by atoms with Gasteiger partial charge in [-0.15, -0.1) is 0 Å². The van der Waals surface area contributed by atoms with E-state index >= 15 is 0 Å². The van der Waals surface area contributed by atoms with Crippen LogP contribution in [0.4, 0.5) is 0 Å². The molecule has 0 N–H and O–H groups in total. The highest BCUT2D eigenvalue weighted by Gasteiger charge is 2.09. The van der Waals surface area contributed by atoms with Crippen LogP contribution in [-0.2, 0) is 0 Å². The van der Waals surface area contributed by atoms with Crippen LogP contribution in [0.2, 0.25) is 0 Å². The average molecular weight is 222 g/mol. The lowest BCUT2D eigenvalue weighted by atomic mass is 10.2. The van der Waals surface area contributed by atoms with E-state index in [0.29, 0.717) is 6.04 Å². The van der Waals surface area contributed by atoms with Crippen molar-refractivity contribution in [1.29, 1.82) is 0 Å². The molecule has 68 valence electrons. The first-order chi connectivity index (χ1) is 5.11. The number of hydrogen-bond acceptors (Lipinski definition) is 1. The Hall–Kier alpha value is 0.440. The molecule has 0 rings (SSSR count). The molecule has 0 aliphatic carbocycles. The van der Waals surface area contributed by atoms with Crippen LogP contribution in [0.15, 0.2) is 0 Å². The molecular weight excluding hydrogens is 202 g/mol. The maximum atomic E-state index is 3.49. The minimum Gasteiger partial charge on any atom is -0.301 e. The summed E-state index contributed by atoms with van der Waals surface area (Å²) < 4.78 is 0. The molecule has 1 nitrogen and oxygen atoms in total. The van der Waals surface area contributed by atoms with Crippen LogP contribution in [0.3, 0.4) is 0 Å². The van der Waals surface area contributed by atoms with Gasteiger partial charge in [-0.2, -0.15) is 0 Å². The highest BCUT2D eigenvalue weighted by Crippen LogP contribution is 2.06. The highest BCUT2D eigenvalue weighted by molar-refractivity contribution is 9.09. The van der Waals surface area contributed by atoms with Crippen LogP contribution in [-0.4, -0.2) is 29.4 Å². The SMILES string of the molecule is CCN(CC(C)CBr)C(C)C. The van der Waals surface area contributed by atoms with E-state index in [-0.39, 0.29) is 0 Å². The molecule has 2 heteroatoms. The van der Waals surface area contributed by atoms with E-state index in [1.807, 2.05) is 0 Å². The second-order valence-electron chi connectivity index (χ2n) is 3.44. The molecule has 0 aliphatic rings. The summed E-state index contributed by atoms with van der Waals surface area (Å²) in [5.41, 5.74) is 0. The van der Waals surface area contributed by atoms with Gasteiger partial charge in [0.2, 0.25) is 0 Å². The smallest absolute Gasteiger partial charge is 0.00692 e. The van der Waals surface area contributed by atoms with Gasteiger partial charge in [0.05, 0.1) is 0 Å². The molecule has 11 heavy (non-hydrogen) atoms. The van der Waals surface area contributed by atoms with Crippen LogP contribution in [0, 0.1) is 5.92 Å². The molecule has 0 saturated heterocycles. The lowest BCUT2D eigenvalue weighted by molar-refractivity contribution is 0.210. The van der Waals surface area contributed by atoms with Crippen molar-refractivity contribution in [2.24, 2.45) is 5.92 Å². The molecular formula is C9H20BrN. The summed E-state index contributed by atoms with van der Waals surface area (Å²) in [6.45, 7) is 11.4. The monoisotopic (exact) mass is 221 g/mol. The van der Waals surface area contributed by atoms with Gasteiger partial charge in [0, 0.05) is 17.9 Å². The van der Waals surface area contributed by atoms with Crippen molar-refractivity contribution in [3.05, 3.63) is 0 Å². The molecule has 0 spiro atoms. The third-order valence-electron chi connectivity index (χ3n) is 1.95. The fourth-order valence-corrected chi connectivity index (χ4v) is 1.36. The summed E-state index contributed by atoms with van der Waals surface area (Å²) in [6, 6.07) is 0.682. The van der Waals surface area contributed by atoms with Gasteiger partial charge in [-0.1, -0.05) is 29.8 Å². The van der Waals surface area contributed by atoms with Crippen molar-refractivity contribution in [3.8, 4) is 0 Å². The summed E-state index contributed by atoms with van der Waals surface area (Å²) in [5, 5.41) is 1.11. The topological polar surface area (TPSA) is 3.24 Å². The van der Waals surface area contributed by atoms with Crippen LogP contribution < -0.4 is 0 Å². The van der Waals surface area contributed by atoms with E-state index in [0.717, 1.165) is 17.8 Å². The third-order valence-corrected chi connectivity index (χ3v) is 3.05. The maximum absolute atomic E-state index is 3.49. The summed E-state index contributed by atoms with van der Waals surface area (Å²) in [5.74, 6) is 0.761. The van der Waals surface area contributed by atoms with Gasteiger partial charge in [-0.25, -0.2) is 0 Å². The van der Waals surface area contributed by atoms with E-state index in [1.165, 1.54) is 6.54 Å². The van der Waals surface area contributed by atoms with Crippen LogP contribution >= 0.6 is 15.9 Å². The summed E-state index contributed by atoms with van der Waals surface area (Å²) >= 11 is 3.49. The quantitative estimate of drug-likeness (QED) is 0.646. The third kappa shape index (κ3) is 4.81.